The first-order valence-corrected chi connectivity index (χ1v) is 10.4. The molecular weight excluding hydrogens is 350 g/mol. The summed E-state index contributed by atoms with van der Waals surface area (Å²) in [6.45, 7) is 5.62. The van der Waals surface area contributed by atoms with E-state index in [1.807, 2.05) is 30.5 Å². The molecule has 2 heterocycles. The number of hydrogen-bond acceptors (Lipinski definition) is 5. The Hall–Kier alpha value is -1.57. The average molecular weight is 378 g/mol. The fraction of sp³-hybridized carbons (Fsp3) is 0.579. The third-order valence-electron chi connectivity index (χ3n) is 4.93. The van der Waals surface area contributed by atoms with E-state index in [2.05, 4.69) is 10.2 Å². The van der Waals surface area contributed by atoms with Crippen LogP contribution < -0.4 is 10.2 Å². The quantitative estimate of drug-likeness (QED) is 0.578. The lowest BCUT2D eigenvalue weighted by atomic mass is 10.1. The second-order valence-electron chi connectivity index (χ2n) is 6.70. The van der Waals surface area contributed by atoms with Gasteiger partial charge in [0.05, 0.1) is 19.1 Å². The Morgan fingerprint density at radius 3 is 2.69 bits per heavy atom. The van der Waals surface area contributed by atoms with Gasteiger partial charge in [0, 0.05) is 43.2 Å². The number of carbonyl (C=O) groups is 2. The van der Waals surface area contributed by atoms with Gasteiger partial charge >= 0.3 is 0 Å². The summed E-state index contributed by atoms with van der Waals surface area (Å²) in [7, 11) is 0. The Morgan fingerprint density at radius 2 is 2.00 bits per heavy atom. The Bertz CT molecular complexity index is 617. The van der Waals surface area contributed by atoms with Crippen LogP contribution in [0.4, 0.5) is 5.69 Å². The highest BCUT2D eigenvalue weighted by molar-refractivity contribution is 7.98. The van der Waals surface area contributed by atoms with Gasteiger partial charge in [-0.15, -0.1) is 11.8 Å². The highest BCUT2D eigenvalue weighted by Crippen LogP contribution is 2.27. The number of nitrogens with zero attached hydrogens (tertiary/aromatic N) is 2. The van der Waals surface area contributed by atoms with Crippen LogP contribution in [0.5, 0.6) is 0 Å². The molecule has 7 heteroatoms. The second-order valence-corrected chi connectivity index (χ2v) is 7.58. The zero-order valence-electron chi connectivity index (χ0n) is 15.3. The van der Waals surface area contributed by atoms with Crippen LogP contribution in [-0.4, -0.2) is 68.9 Å². The van der Waals surface area contributed by atoms with Crippen molar-refractivity contribution in [2.75, 3.05) is 57.1 Å². The van der Waals surface area contributed by atoms with E-state index >= 15 is 0 Å². The van der Waals surface area contributed by atoms with E-state index in [1.165, 1.54) is 0 Å². The molecule has 1 aromatic carbocycles. The summed E-state index contributed by atoms with van der Waals surface area (Å²) in [4.78, 5) is 29.9. The number of rotatable bonds is 7. The van der Waals surface area contributed by atoms with Crippen molar-refractivity contribution in [3.63, 3.8) is 0 Å². The highest BCUT2D eigenvalue weighted by Gasteiger charge is 2.34. The number of anilines is 1. The first-order chi connectivity index (χ1) is 12.7. The maximum absolute atomic E-state index is 12.4. The minimum Gasteiger partial charge on any atom is -0.379 e. The number of hydrogen-bond donors (Lipinski definition) is 1. The third-order valence-corrected chi connectivity index (χ3v) is 5.68. The molecule has 1 atom stereocenters. The summed E-state index contributed by atoms with van der Waals surface area (Å²) in [6.07, 6.45) is 3.24. The Balaban J connectivity index is 1.42. The SMILES string of the molecule is CSc1ccc(N2C[C@H](C(=O)NCCCN3CCOCC3)CC2=O)cc1. The number of nitrogens with one attached hydrogen (secondary N) is 1. The molecule has 0 bridgehead atoms. The molecule has 0 aliphatic carbocycles. The fourth-order valence-corrected chi connectivity index (χ4v) is 3.79. The van der Waals surface area contributed by atoms with Crippen LogP contribution >= 0.6 is 11.8 Å². The zero-order valence-corrected chi connectivity index (χ0v) is 16.1. The van der Waals surface area contributed by atoms with Crippen molar-refractivity contribution in [1.29, 1.82) is 0 Å². The van der Waals surface area contributed by atoms with E-state index in [9.17, 15) is 9.59 Å². The lowest BCUT2D eigenvalue weighted by Crippen LogP contribution is -2.39. The summed E-state index contributed by atoms with van der Waals surface area (Å²) in [6, 6.07) is 7.91. The van der Waals surface area contributed by atoms with Gasteiger partial charge in [-0.05, 0) is 43.5 Å². The van der Waals surface area contributed by atoms with Crippen molar-refractivity contribution < 1.29 is 14.3 Å². The standard InChI is InChI=1S/C19H27N3O3S/c1-26-17-5-3-16(4-6-17)22-14-15(13-18(22)23)19(24)20-7-2-8-21-9-11-25-12-10-21/h3-6,15H,2,7-14H2,1H3,(H,20,24)/t15-/m1/s1. The largest absolute Gasteiger partial charge is 0.379 e. The number of carbonyl (C=O) groups excluding carboxylic acids is 2. The van der Waals surface area contributed by atoms with E-state index in [4.69, 9.17) is 4.74 Å². The van der Waals surface area contributed by atoms with Crippen LogP contribution in [0.1, 0.15) is 12.8 Å². The van der Waals surface area contributed by atoms with Gasteiger partial charge in [-0.25, -0.2) is 0 Å². The molecule has 2 fully saturated rings. The van der Waals surface area contributed by atoms with Crippen molar-refractivity contribution in [3.8, 4) is 0 Å². The van der Waals surface area contributed by atoms with Crippen LogP contribution in [0, 0.1) is 5.92 Å². The van der Waals surface area contributed by atoms with E-state index in [-0.39, 0.29) is 17.7 Å². The molecule has 2 saturated heterocycles. The van der Waals surface area contributed by atoms with Crippen LogP contribution in [0.25, 0.3) is 0 Å². The van der Waals surface area contributed by atoms with Crippen molar-refractivity contribution in [1.82, 2.24) is 10.2 Å². The fourth-order valence-electron chi connectivity index (χ4n) is 3.38. The second kappa shape index (κ2) is 9.39. The van der Waals surface area contributed by atoms with Crippen LogP contribution in [0.3, 0.4) is 0 Å². The number of benzene rings is 1. The van der Waals surface area contributed by atoms with Crippen LogP contribution in [0.15, 0.2) is 29.2 Å². The third kappa shape index (κ3) is 4.99. The Morgan fingerprint density at radius 1 is 1.27 bits per heavy atom. The monoisotopic (exact) mass is 377 g/mol. The molecule has 26 heavy (non-hydrogen) atoms. The van der Waals surface area contributed by atoms with Crippen molar-refractivity contribution in [3.05, 3.63) is 24.3 Å². The summed E-state index contributed by atoms with van der Waals surface area (Å²) in [5, 5.41) is 3.00. The molecule has 0 saturated carbocycles. The van der Waals surface area contributed by atoms with Crippen LogP contribution in [0.2, 0.25) is 0 Å². The number of morpholine rings is 1. The molecule has 2 aliphatic heterocycles. The average Bonchev–Trinajstić information content (AvgIpc) is 3.08. The van der Waals surface area contributed by atoms with E-state index in [1.54, 1.807) is 16.7 Å². The lowest BCUT2D eigenvalue weighted by Gasteiger charge is -2.26. The van der Waals surface area contributed by atoms with Crippen molar-refractivity contribution in [2.45, 2.75) is 17.7 Å². The van der Waals surface area contributed by atoms with Gasteiger partial charge in [0.1, 0.15) is 0 Å². The summed E-state index contributed by atoms with van der Waals surface area (Å²) >= 11 is 1.67. The maximum Gasteiger partial charge on any atom is 0.227 e. The molecule has 6 nitrogen and oxygen atoms in total. The van der Waals surface area contributed by atoms with Crippen molar-refractivity contribution >= 4 is 29.3 Å². The predicted molar refractivity (Wildman–Crippen MR) is 104 cm³/mol. The summed E-state index contributed by atoms with van der Waals surface area (Å²) in [5.41, 5.74) is 0.871. The topological polar surface area (TPSA) is 61.9 Å². The van der Waals surface area contributed by atoms with Gasteiger partial charge in [0.25, 0.3) is 0 Å². The molecule has 0 unspecified atom stereocenters. The minimum atomic E-state index is -0.258. The summed E-state index contributed by atoms with van der Waals surface area (Å²) in [5.74, 6) is -0.245. The Labute approximate surface area is 159 Å². The van der Waals surface area contributed by atoms with E-state index < -0.39 is 0 Å². The van der Waals surface area contributed by atoms with E-state index in [0.717, 1.165) is 49.9 Å². The molecule has 3 rings (SSSR count). The maximum atomic E-state index is 12.4. The van der Waals surface area contributed by atoms with Gasteiger partial charge in [0.2, 0.25) is 11.8 Å². The molecular formula is C19H27N3O3S. The number of amides is 2. The normalized spacial score (nSPS) is 21.2. The molecule has 0 spiro atoms. The number of thioether (sulfide) groups is 1. The smallest absolute Gasteiger partial charge is 0.227 e. The first kappa shape index (κ1) is 19.2. The zero-order chi connectivity index (χ0) is 18.4. The molecule has 2 aliphatic rings. The predicted octanol–water partition coefficient (Wildman–Crippen LogP) is 1.60. The highest BCUT2D eigenvalue weighted by atomic mass is 32.2. The van der Waals surface area contributed by atoms with Gasteiger partial charge in [-0.3, -0.25) is 14.5 Å². The lowest BCUT2D eigenvalue weighted by molar-refractivity contribution is -0.126. The van der Waals surface area contributed by atoms with Crippen LogP contribution in [-0.2, 0) is 14.3 Å². The van der Waals surface area contributed by atoms with Gasteiger partial charge in [-0.2, -0.15) is 0 Å². The molecule has 1 aromatic rings. The minimum absolute atomic E-state index is 0.0106. The van der Waals surface area contributed by atoms with Gasteiger partial charge in [0.15, 0.2) is 0 Å². The van der Waals surface area contributed by atoms with Crippen molar-refractivity contribution in [2.24, 2.45) is 5.92 Å². The molecule has 0 radical (unpaired) electrons. The molecule has 142 valence electrons. The Kier molecular flexibility index (Phi) is 6.93. The van der Waals surface area contributed by atoms with Gasteiger partial charge < -0.3 is 15.0 Å². The molecule has 1 N–H and O–H groups in total. The molecule has 0 aromatic heterocycles. The van der Waals surface area contributed by atoms with E-state index in [0.29, 0.717) is 19.5 Å². The van der Waals surface area contributed by atoms with Gasteiger partial charge in [-0.1, -0.05) is 0 Å². The number of ether oxygens (including phenoxy) is 1. The first-order valence-electron chi connectivity index (χ1n) is 9.19. The molecule has 2 amide bonds. The summed E-state index contributed by atoms with van der Waals surface area (Å²) < 4.78 is 5.33.